The van der Waals surface area contributed by atoms with Gasteiger partial charge in [0.15, 0.2) is 0 Å². The van der Waals surface area contributed by atoms with Crippen LogP contribution in [-0.4, -0.2) is 23.5 Å². The Morgan fingerprint density at radius 2 is 1.71 bits per heavy atom. The van der Waals surface area contributed by atoms with E-state index in [4.69, 9.17) is 10.9 Å². The number of carbonyl (C=O) groups is 1. The summed E-state index contributed by atoms with van der Waals surface area (Å²) in [5, 5.41) is 14.7. The Kier molecular flexibility index (Phi) is 5.65. The summed E-state index contributed by atoms with van der Waals surface area (Å²) in [4.78, 5) is 12.3. The lowest BCUT2D eigenvalue weighted by Crippen LogP contribution is -2.44. The third-order valence-electron chi connectivity index (χ3n) is 4.83. The molecule has 21 heavy (non-hydrogen) atoms. The first-order chi connectivity index (χ1) is 9.58. The number of amides is 1. The first kappa shape index (κ1) is 17.8. The molecule has 1 aliphatic rings. The summed E-state index contributed by atoms with van der Waals surface area (Å²) < 4.78 is 0. The monoisotopic (exact) mass is 297 g/mol. The van der Waals surface area contributed by atoms with Gasteiger partial charge >= 0.3 is 0 Å². The van der Waals surface area contributed by atoms with Crippen molar-refractivity contribution >= 4 is 11.7 Å². The average molecular weight is 297 g/mol. The maximum Gasteiger partial charge on any atom is 0.223 e. The minimum absolute atomic E-state index is 0.0983. The van der Waals surface area contributed by atoms with Gasteiger partial charge in [0.1, 0.15) is 5.84 Å². The molecule has 0 atom stereocenters. The third-order valence-corrected chi connectivity index (χ3v) is 4.83. The van der Waals surface area contributed by atoms with Gasteiger partial charge in [0.2, 0.25) is 5.91 Å². The van der Waals surface area contributed by atoms with Crippen molar-refractivity contribution in [3.05, 3.63) is 0 Å². The lowest BCUT2D eigenvalue weighted by Gasteiger charge is -2.36. The first-order valence-corrected chi connectivity index (χ1v) is 7.83. The van der Waals surface area contributed by atoms with Gasteiger partial charge in [-0.3, -0.25) is 4.79 Å². The van der Waals surface area contributed by atoms with Crippen molar-refractivity contribution in [1.82, 2.24) is 5.32 Å². The highest BCUT2D eigenvalue weighted by Crippen LogP contribution is 2.39. The van der Waals surface area contributed by atoms with Crippen LogP contribution in [0.1, 0.15) is 60.3 Å². The zero-order chi connectivity index (χ0) is 16.3. The summed E-state index contributed by atoms with van der Waals surface area (Å²) >= 11 is 0. The lowest BCUT2D eigenvalue weighted by molar-refractivity contribution is -0.126. The van der Waals surface area contributed by atoms with E-state index in [1.54, 1.807) is 0 Å². The fraction of sp³-hybridized carbons (Fsp3) is 0.875. The van der Waals surface area contributed by atoms with Crippen molar-refractivity contribution in [2.24, 2.45) is 33.6 Å². The van der Waals surface area contributed by atoms with Gasteiger partial charge in [-0.15, -0.1) is 0 Å². The van der Waals surface area contributed by atoms with Gasteiger partial charge in [-0.2, -0.15) is 0 Å². The van der Waals surface area contributed by atoms with Crippen molar-refractivity contribution in [3.8, 4) is 0 Å². The zero-order valence-corrected chi connectivity index (χ0v) is 14.1. The Balaban J connectivity index is 2.45. The molecule has 1 amide bonds. The summed E-state index contributed by atoms with van der Waals surface area (Å²) in [6.07, 6.45) is 4.14. The molecule has 0 aliphatic heterocycles. The molecule has 122 valence electrons. The zero-order valence-electron chi connectivity index (χ0n) is 14.1. The normalized spacial score (nSPS) is 24.7. The number of nitrogens with two attached hydrogens (primary N) is 1. The molecule has 0 aromatic carbocycles. The van der Waals surface area contributed by atoms with Gasteiger partial charge in [-0.25, -0.2) is 0 Å². The summed E-state index contributed by atoms with van der Waals surface area (Å²) in [5.74, 6) is 1.04. The van der Waals surface area contributed by atoms with E-state index in [-0.39, 0.29) is 17.7 Å². The predicted octanol–water partition coefficient (Wildman–Crippen LogP) is 2.73. The lowest BCUT2D eigenvalue weighted by atomic mass is 9.69. The Bertz CT molecular complexity index is 389. The number of rotatable bonds is 4. The standard InChI is InChI=1S/C16H31N3O2/c1-15(2,3)12-8-6-11(7-9-12)13(20)18-10-16(4,5)14(17)19-21/h11-12,21H,6-10H2,1-5H3,(H2,17,19)(H,18,20). The van der Waals surface area contributed by atoms with E-state index in [1.807, 2.05) is 13.8 Å². The van der Waals surface area contributed by atoms with Crippen LogP contribution in [0.2, 0.25) is 0 Å². The molecular weight excluding hydrogens is 266 g/mol. The minimum Gasteiger partial charge on any atom is -0.409 e. The topological polar surface area (TPSA) is 87.7 Å². The van der Waals surface area contributed by atoms with E-state index in [9.17, 15) is 4.79 Å². The largest absolute Gasteiger partial charge is 0.409 e. The Morgan fingerprint density at radius 1 is 1.19 bits per heavy atom. The summed E-state index contributed by atoms with van der Waals surface area (Å²) in [5.41, 5.74) is 5.42. The number of hydrogen-bond donors (Lipinski definition) is 3. The number of amidine groups is 1. The third kappa shape index (κ3) is 4.90. The fourth-order valence-electron chi connectivity index (χ4n) is 2.90. The molecule has 5 nitrogen and oxygen atoms in total. The van der Waals surface area contributed by atoms with Crippen LogP contribution in [0.25, 0.3) is 0 Å². The Labute approximate surface area is 128 Å². The highest BCUT2D eigenvalue weighted by atomic mass is 16.4. The summed E-state index contributed by atoms with van der Waals surface area (Å²) in [6.45, 7) is 10.9. The van der Waals surface area contributed by atoms with Crippen molar-refractivity contribution in [2.75, 3.05) is 6.54 Å². The number of oxime groups is 1. The van der Waals surface area contributed by atoms with Crippen LogP contribution < -0.4 is 11.1 Å². The van der Waals surface area contributed by atoms with Gasteiger partial charge in [0, 0.05) is 17.9 Å². The molecule has 1 rings (SSSR count). The van der Waals surface area contributed by atoms with E-state index in [0.717, 1.165) is 25.7 Å². The van der Waals surface area contributed by atoms with Crippen LogP contribution in [0.4, 0.5) is 0 Å². The SMILES string of the molecule is CC(C)(CNC(=O)C1CCC(C(C)(C)C)CC1)C(N)=NO. The Morgan fingerprint density at radius 3 is 2.14 bits per heavy atom. The van der Waals surface area contributed by atoms with Gasteiger partial charge < -0.3 is 16.3 Å². The number of carbonyl (C=O) groups excluding carboxylic acids is 1. The van der Waals surface area contributed by atoms with E-state index < -0.39 is 5.41 Å². The molecule has 0 radical (unpaired) electrons. The number of hydrogen-bond acceptors (Lipinski definition) is 3. The van der Waals surface area contributed by atoms with Gasteiger partial charge in [0.25, 0.3) is 0 Å². The van der Waals surface area contributed by atoms with Crippen LogP contribution in [0.3, 0.4) is 0 Å². The van der Waals surface area contributed by atoms with Crippen molar-refractivity contribution < 1.29 is 10.0 Å². The average Bonchev–Trinajstić information content (AvgIpc) is 2.43. The van der Waals surface area contributed by atoms with Crippen LogP contribution in [0, 0.1) is 22.7 Å². The minimum atomic E-state index is -0.535. The van der Waals surface area contributed by atoms with E-state index in [1.165, 1.54) is 0 Å². The first-order valence-electron chi connectivity index (χ1n) is 7.83. The highest BCUT2D eigenvalue weighted by Gasteiger charge is 2.33. The highest BCUT2D eigenvalue weighted by molar-refractivity contribution is 5.86. The van der Waals surface area contributed by atoms with Crippen LogP contribution >= 0.6 is 0 Å². The molecule has 0 unspecified atom stereocenters. The van der Waals surface area contributed by atoms with Crippen molar-refractivity contribution in [2.45, 2.75) is 60.3 Å². The van der Waals surface area contributed by atoms with E-state index >= 15 is 0 Å². The van der Waals surface area contributed by atoms with E-state index in [0.29, 0.717) is 17.9 Å². The Hall–Kier alpha value is -1.26. The van der Waals surface area contributed by atoms with Crippen molar-refractivity contribution in [1.29, 1.82) is 0 Å². The number of nitrogens with one attached hydrogen (secondary N) is 1. The fourth-order valence-corrected chi connectivity index (χ4v) is 2.90. The maximum absolute atomic E-state index is 12.3. The van der Waals surface area contributed by atoms with Crippen LogP contribution in [-0.2, 0) is 4.79 Å². The second kappa shape index (κ2) is 6.67. The van der Waals surface area contributed by atoms with Crippen LogP contribution in [0.5, 0.6) is 0 Å². The molecule has 1 aliphatic carbocycles. The van der Waals surface area contributed by atoms with Crippen LogP contribution in [0.15, 0.2) is 5.16 Å². The molecule has 4 N–H and O–H groups in total. The molecule has 0 aromatic heterocycles. The van der Waals surface area contributed by atoms with Gasteiger partial charge in [0.05, 0.1) is 0 Å². The quantitative estimate of drug-likeness (QED) is 0.323. The predicted molar refractivity (Wildman–Crippen MR) is 85.1 cm³/mol. The maximum atomic E-state index is 12.3. The molecule has 1 fully saturated rings. The van der Waals surface area contributed by atoms with Crippen molar-refractivity contribution in [3.63, 3.8) is 0 Å². The molecule has 0 spiro atoms. The molecule has 0 saturated heterocycles. The molecular formula is C16H31N3O2. The summed E-state index contributed by atoms with van der Waals surface area (Å²) in [6, 6.07) is 0. The molecule has 0 heterocycles. The van der Waals surface area contributed by atoms with Gasteiger partial charge in [-0.05, 0) is 37.0 Å². The number of nitrogens with zero attached hydrogens (tertiary/aromatic N) is 1. The second-order valence-electron chi connectivity index (χ2n) is 8.00. The second-order valence-corrected chi connectivity index (χ2v) is 8.00. The smallest absolute Gasteiger partial charge is 0.223 e. The molecule has 0 aromatic rings. The molecule has 0 bridgehead atoms. The van der Waals surface area contributed by atoms with E-state index in [2.05, 4.69) is 31.2 Å². The molecule has 5 heteroatoms. The molecule has 1 saturated carbocycles. The summed E-state index contributed by atoms with van der Waals surface area (Å²) in [7, 11) is 0. The van der Waals surface area contributed by atoms with Gasteiger partial charge in [-0.1, -0.05) is 39.8 Å².